The van der Waals surface area contributed by atoms with Crippen LogP contribution in [-0.4, -0.2) is 306 Å². The van der Waals surface area contributed by atoms with Gasteiger partial charge in [0, 0.05) is 111 Å². The molecule has 688 valence electrons. The van der Waals surface area contributed by atoms with Crippen LogP contribution in [0.3, 0.4) is 0 Å². The largest absolute Gasteiger partial charge is 0.463 e. The summed E-state index contributed by atoms with van der Waals surface area (Å²) < 4.78 is 144. The van der Waals surface area contributed by atoms with Crippen molar-refractivity contribution in [3.63, 3.8) is 0 Å². The molecule has 4 saturated heterocycles. The first kappa shape index (κ1) is 98.2. The molecule has 0 spiro atoms. The Hall–Kier alpha value is -12.2. The van der Waals surface area contributed by atoms with E-state index < -0.39 is 303 Å². The Morgan fingerprint density at radius 2 is 0.408 bits per heavy atom. The highest BCUT2D eigenvalue weighted by Gasteiger charge is 2.58. The highest BCUT2D eigenvalue weighted by atomic mass is 16.7. The SMILES string of the molecule is CC(=O)OC[C@H]1O[C@@H](n2cc(COCC(COCc3cn([C@@H]4O[C@H](COC(C)=O)[C@@H](OC(C)=O)[C@H](OC(C)=O)[C@H]4OC(C)=O)nn3)(COCc3cn([C@@H]4O[C@H](COC(C)=O)[C@@H](OC(C)=O)[C@H](OC(C)=O)[C@H]4OC(C)=O)nn3)COCc3cn([C@@H]4O[C@H](COC(C)=O)[C@@H](OC(C)=O)[C@H](OC(C)=O)[C@H]4OC(C)=O)nn3)nn2)[C@H](OC(C)=O)[C@@H](OC(C)=O)[C@@H]1OC(C)=O. The summed E-state index contributed by atoms with van der Waals surface area (Å²) in [6.07, 6.45) is -26.3. The van der Waals surface area contributed by atoms with Gasteiger partial charge in [-0.3, -0.25) is 76.7 Å². The van der Waals surface area contributed by atoms with Gasteiger partial charge in [0.2, 0.25) is 0 Å². The van der Waals surface area contributed by atoms with Gasteiger partial charge in [-0.05, 0) is 0 Å². The molecule has 8 heterocycles. The molecular weight excluding hydrogens is 1680 g/mol. The fourth-order valence-electron chi connectivity index (χ4n) is 13.4. The second-order valence-electron chi connectivity index (χ2n) is 28.6. The van der Waals surface area contributed by atoms with E-state index in [-0.39, 0.29) is 22.8 Å². The van der Waals surface area contributed by atoms with Crippen molar-refractivity contribution in [3.05, 3.63) is 47.6 Å². The van der Waals surface area contributed by atoms with Crippen LogP contribution in [0.4, 0.5) is 0 Å². The van der Waals surface area contributed by atoms with Gasteiger partial charge in [0.15, 0.2) is 98.2 Å². The van der Waals surface area contributed by atoms with E-state index in [0.717, 1.165) is 130 Å². The van der Waals surface area contributed by atoms with Crippen LogP contribution in [0.15, 0.2) is 24.8 Å². The number of esters is 16. The maximum Gasteiger partial charge on any atom is 0.303 e. The van der Waals surface area contributed by atoms with Crippen LogP contribution >= 0.6 is 0 Å². The summed E-state index contributed by atoms with van der Waals surface area (Å²) in [7, 11) is 0. The van der Waals surface area contributed by atoms with E-state index in [1.54, 1.807) is 0 Å². The van der Waals surface area contributed by atoms with Crippen molar-refractivity contribution in [1.29, 1.82) is 0 Å². The van der Waals surface area contributed by atoms with Crippen molar-refractivity contribution in [2.45, 2.75) is 260 Å². The standard InChI is InChI=1S/C73H96N12O40/c1-33(86)106-25-53-57(110-37(5)90)61(114-41(9)94)65(118-45(13)98)69(122-53)82-17-49(74-78-82)21-102-29-73(30-103-22-50-18-83(79-75-50)70-66(119-46(14)99)62(115-42(10)95)58(111-38(6)91)54(123-70)26-107-34(2)87,31-104-23-51-19-84(80-76-51)71-67(120-47(15)100)63(116-43(11)96)59(112-39(7)92)55(124-71)27-108-35(3)88)32-105-24-52-20-85(81-77-52)72-68(121-48(16)101)64(117-44(12)97)60(113-40(8)93)56(125-72)28-109-36(4)89/h17-20,53-72H,21-32H2,1-16H3/t53-,54-,55-,56-,57-,58-,59-,60-,61+,62+,63+,64+,65-,66-,67-,68-,69-,70-,71-,72-/m1/s1. The third-order valence-electron chi connectivity index (χ3n) is 17.8. The van der Waals surface area contributed by atoms with Crippen LogP contribution in [0.2, 0.25) is 0 Å². The lowest BCUT2D eigenvalue weighted by molar-refractivity contribution is -0.270. The molecule has 0 bridgehead atoms. The summed E-state index contributed by atoms with van der Waals surface area (Å²) >= 11 is 0. The summed E-state index contributed by atoms with van der Waals surface area (Å²) in [5, 5.41) is 33.9. The molecule has 4 aromatic heterocycles. The summed E-state index contributed by atoms with van der Waals surface area (Å²) in [6, 6.07) is 0. The zero-order chi connectivity index (χ0) is 91.8. The van der Waals surface area contributed by atoms with Crippen molar-refractivity contribution >= 4 is 95.5 Å². The molecule has 0 unspecified atom stereocenters. The van der Waals surface area contributed by atoms with Gasteiger partial charge in [0.1, 0.15) is 73.6 Å². The zero-order valence-electron chi connectivity index (χ0n) is 70.5. The van der Waals surface area contributed by atoms with Gasteiger partial charge < -0.3 is 114 Å². The van der Waals surface area contributed by atoms with Gasteiger partial charge in [0.05, 0.1) is 83.1 Å². The summed E-state index contributed by atoms with van der Waals surface area (Å²) in [5.74, 6) is -14.2. The van der Waals surface area contributed by atoms with E-state index in [0.29, 0.717) is 0 Å². The molecule has 0 amide bonds. The molecule has 0 saturated carbocycles. The minimum absolute atomic E-state index is 0.00837. The molecule has 0 N–H and O–H groups in total. The monoisotopic (exact) mass is 1780 g/mol. The van der Waals surface area contributed by atoms with Crippen molar-refractivity contribution in [1.82, 2.24) is 60.0 Å². The minimum Gasteiger partial charge on any atom is -0.463 e. The first-order chi connectivity index (χ1) is 59.1. The van der Waals surface area contributed by atoms with Crippen molar-refractivity contribution in [2.24, 2.45) is 5.41 Å². The predicted molar refractivity (Wildman–Crippen MR) is 390 cm³/mol. The molecule has 52 nitrogen and oxygen atoms in total. The Bertz CT molecular complexity index is 3940. The van der Waals surface area contributed by atoms with Gasteiger partial charge in [-0.15, -0.1) is 20.4 Å². The van der Waals surface area contributed by atoms with Gasteiger partial charge in [-0.1, -0.05) is 20.9 Å². The summed E-state index contributed by atoms with van der Waals surface area (Å²) in [6.45, 7) is 10.2. The highest BCUT2D eigenvalue weighted by molar-refractivity contribution is 5.72. The molecule has 0 aromatic carbocycles. The van der Waals surface area contributed by atoms with Crippen molar-refractivity contribution in [3.8, 4) is 0 Å². The Balaban J connectivity index is 1.21. The smallest absolute Gasteiger partial charge is 0.303 e. The van der Waals surface area contributed by atoms with E-state index in [2.05, 4.69) is 41.2 Å². The van der Waals surface area contributed by atoms with E-state index in [1.807, 2.05) is 0 Å². The van der Waals surface area contributed by atoms with Crippen LogP contribution in [0.1, 0.15) is 158 Å². The Morgan fingerprint density at radius 3 is 0.568 bits per heavy atom. The lowest BCUT2D eigenvalue weighted by Crippen LogP contribution is -2.60. The summed E-state index contributed by atoms with van der Waals surface area (Å²) in [5.41, 5.74) is -1.72. The molecular formula is C73H96N12O40. The normalized spacial score (nSPS) is 25.9. The number of nitrogens with zero attached hydrogens (tertiary/aromatic N) is 12. The number of rotatable bonds is 40. The number of aromatic nitrogens is 12. The number of hydrogen-bond acceptors (Lipinski definition) is 48. The molecule has 0 aliphatic carbocycles. The molecule has 4 aliphatic heterocycles. The Morgan fingerprint density at radius 1 is 0.248 bits per heavy atom. The fraction of sp³-hybridized carbons (Fsp3) is 0.671. The minimum atomic E-state index is -1.68. The van der Waals surface area contributed by atoms with Gasteiger partial charge in [-0.2, -0.15) is 0 Å². The van der Waals surface area contributed by atoms with Crippen LogP contribution in [0, 0.1) is 5.41 Å². The maximum absolute atomic E-state index is 12.9. The second kappa shape index (κ2) is 45.4. The van der Waals surface area contributed by atoms with Crippen molar-refractivity contribution < 1.29 is 190 Å². The van der Waals surface area contributed by atoms with Gasteiger partial charge in [0.25, 0.3) is 0 Å². The van der Waals surface area contributed by atoms with Crippen LogP contribution in [-0.2, 0) is 217 Å². The number of carbonyl (C=O) groups is 16. The average molecular weight is 1780 g/mol. The van der Waals surface area contributed by atoms with E-state index >= 15 is 0 Å². The quantitative estimate of drug-likeness (QED) is 0.0351. The number of carbonyl (C=O) groups excluding carboxylic acids is 16. The Kier molecular flexibility index (Phi) is 35.7. The third-order valence-corrected chi connectivity index (χ3v) is 17.8. The molecule has 0 radical (unpaired) electrons. The molecule has 4 aliphatic rings. The van der Waals surface area contributed by atoms with E-state index in [1.165, 1.54) is 24.8 Å². The first-order valence-electron chi connectivity index (χ1n) is 38.2. The summed E-state index contributed by atoms with van der Waals surface area (Å²) in [4.78, 5) is 202. The molecule has 125 heavy (non-hydrogen) atoms. The molecule has 4 fully saturated rings. The van der Waals surface area contributed by atoms with Gasteiger partial charge in [-0.25, -0.2) is 18.7 Å². The zero-order valence-corrected chi connectivity index (χ0v) is 70.5. The lowest BCUT2D eigenvalue weighted by atomic mass is 9.92. The van der Waals surface area contributed by atoms with Gasteiger partial charge >= 0.3 is 95.5 Å². The van der Waals surface area contributed by atoms with Crippen LogP contribution < -0.4 is 0 Å². The molecule has 20 atom stereocenters. The second-order valence-corrected chi connectivity index (χ2v) is 28.6. The molecule has 4 aromatic rings. The average Bonchev–Trinajstić information content (AvgIpc) is 1.77. The van der Waals surface area contributed by atoms with Crippen LogP contribution in [0.25, 0.3) is 0 Å². The lowest BCUT2D eigenvalue weighted by Gasteiger charge is -2.44. The van der Waals surface area contributed by atoms with E-state index in [9.17, 15) is 76.7 Å². The molecule has 52 heteroatoms. The first-order valence-corrected chi connectivity index (χ1v) is 38.2. The third kappa shape index (κ3) is 28.9. The molecule has 8 rings (SSSR count). The Labute approximate surface area is 709 Å². The number of hydrogen-bond donors (Lipinski definition) is 0. The fourth-order valence-corrected chi connectivity index (χ4v) is 13.4. The van der Waals surface area contributed by atoms with E-state index in [4.69, 9.17) is 114 Å². The highest BCUT2D eigenvalue weighted by Crippen LogP contribution is 2.40. The topological polar surface area (TPSA) is 617 Å². The predicted octanol–water partition coefficient (Wildman–Crippen LogP) is -1.77. The number of ether oxygens (including phenoxy) is 24. The maximum atomic E-state index is 12.9. The van der Waals surface area contributed by atoms with Crippen LogP contribution in [0.5, 0.6) is 0 Å². The van der Waals surface area contributed by atoms with Crippen molar-refractivity contribution in [2.75, 3.05) is 52.9 Å².